The Hall–Kier alpha value is -2.32. The molecule has 0 saturated heterocycles. The number of amides is 1. The summed E-state index contributed by atoms with van der Waals surface area (Å²) in [6.07, 6.45) is 3.95. The zero-order valence-electron chi connectivity index (χ0n) is 14.3. The van der Waals surface area contributed by atoms with Crippen LogP contribution in [0.3, 0.4) is 0 Å². The van der Waals surface area contributed by atoms with Crippen LogP contribution in [-0.2, 0) is 10.5 Å². The van der Waals surface area contributed by atoms with Crippen LogP contribution in [0.25, 0.3) is 0 Å². The van der Waals surface area contributed by atoms with Crippen molar-refractivity contribution in [1.82, 2.24) is 9.88 Å². The van der Waals surface area contributed by atoms with E-state index in [1.807, 2.05) is 47.4 Å². The molecule has 1 aliphatic carbocycles. The molecule has 0 spiro atoms. The van der Waals surface area contributed by atoms with E-state index in [4.69, 9.17) is 5.26 Å². The molecule has 1 atom stereocenters. The van der Waals surface area contributed by atoms with Crippen LogP contribution in [-0.4, -0.2) is 27.6 Å². The van der Waals surface area contributed by atoms with Gasteiger partial charge in [-0.25, -0.2) is 0 Å². The molecule has 1 amide bonds. The first kappa shape index (κ1) is 17.5. The zero-order chi connectivity index (χ0) is 17.6. The molecular weight excluding hydrogens is 330 g/mol. The van der Waals surface area contributed by atoms with Crippen LogP contribution < -0.4 is 0 Å². The van der Waals surface area contributed by atoms with Crippen LogP contribution in [0.2, 0.25) is 0 Å². The van der Waals surface area contributed by atoms with Gasteiger partial charge in [0.1, 0.15) is 0 Å². The van der Waals surface area contributed by atoms with E-state index in [1.165, 1.54) is 0 Å². The molecule has 0 unspecified atom stereocenters. The Morgan fingerprint density at radius 3 is 2.68 bits per heavy atom. The van der Waals surface area contributed by atoms with Crippen LogP contribution in [0.1, 0.15) is 42.6 Å². The summed E-state index contributed by atoms with van der Waals surface area (Å²) in [5, 5.41) is 8.83. The second kappa shape index (κ2) is 8.17. The van der Waals surface area contributed by atoms with Gasteiger partial charge in [0.05, 0.1) is 29.1 Å². The summed E-state index contributed by atoms with van der Waals surface area (Å²) in [4.78, 5) is 19.2. The maximum Gasteiger partial charge on any atom is 0.233 e. The fourth-order valence-electron chi connectivity index (χ4n) is 2.86. The highest BCUT2D eigenvalue weighted by Crippen LogP contribution is 2.34. The van der Waals surface area contributed by atoms with E-state index in [-0.39, 0.29) is 11.9 Å². The standard InChI is InChI=1S/C20H21N3OS/c1-15(19-4-2-3-11-22-19)23(18-9-10-18)20(24)14-25-13-17-7-5-16(12-21)6-8-17/h2-8,11,15,18H,9-10,13-14H2,1H3/t15-/m1/s1. The normalized spacial score (nSPS) is 14.6. The summed E-state index contributed by atoms with van der Waals surface area (Å²) in [7, 11) is 0. The third-order valence-electron chi connectivity index (χ3n) is 4.34. The monoisotopic (exact) mass is 351 g/mol. The molecule has 25 heavy (non-hydrogen) atoms. The molecule has 1 saturated carbocycles. The topological polar surface area (TPSA) is 57.0 Å². The van der Waals surface area contributed by atoms with Gasteiger partial charge in [0.25, 0.3) is 0 Å². The number of pyridine rings is 1. The number of nitrogens with zero attached hydrogens (tertiary/aromatic N) is 3. The highest BCUT2D eigenvalue weighted by Gasteiger charge is 2.36. The first-order valence-corrected chi connectivity index (χ1v) is 9.63. The SMILES string of the molecule is C[C@H](c1ccccn1)N(C(=O)CSCc1ccc(C#N)cc1)C1CC1. The van der Waals surface area contributed by atoms with Gasteiger partial charge in [0.2, 0.25) is 5.91 Å². The van der Waals surface area contributed by atoms with E-state index in [2.05, 4.69) is 18.0 Å². The van der Waals surface area contributed by atoms with Crippen LogP contribution in [0, 0.1) is 11.3 Å². The number of hydrogen-bond acceptors (Lipinski definition) is 4. The van der Waals surface area contributed by atoms with Crippen LogP contribution in [0.15, 0.2) is 48.7 Å². The lowest BCUT2D eigenvalue weighted by atomic mass is 10.1. The number of carbonyl (C=O) groups is 1. The minimum absolute atomic E-state index is 0.0108. The molecule has 0 N–H and O–H groups in total. The van der Waals surface area contributed by atoms with E-state index in [1.54, 1.807) is 18.0 Å². The molecule has 4 nitrogen and oxygen atoms in total. The van der Waals surface area contributed by atoms with Crippen molar-refractivity contribution < 1.29 is 4.79 Å². The largest absolute Gasteiger partial charge is 0.331 e. The third kappa shape index (κ3) is 4.61. The van der Waals surface area contributed by atoms with Crippen molar-refractivity contribution in [1.29, 1.82) is 5.26 Å². The molecule has 5 heteroatoms. The lowest BCUT2D eigenvalue weighted by molar-refractivity contribution is -0.131. The molecule has 3 rings (SSSR count). The lowest BCUT2D eigenvalue weighted by Crippen LogP contribution is -2.37. The van der Waals surface area contributed by atoms with E-state index in [9.17, 15) is 4.79 Å². The van der Waals surface area contributed by atoms with Gasteiger partial charge in [-0.1, -0.05) is 18.2 Å². The molecular formula is C20H21N3OS. The number of aromatic nitrogens is 1. The molecule has 2 aromatic rings. The number of hydrogen-bond donors (Lipinski definition) is 0. The van der Waals surface area contributed by atoms with Crippen LogP contribution >= 0.6 is 11.8 Å². The van der Waals surface area contributed by atoms with Crippen molar-refractivity contribution in [2.45, 2.75) is 37.6 Å². The molecule has 1 aliphatic rings. The maximum atomic E-state index is 12.8. The third-order valence-corrected chi connectivity index (χ3v) is 5.33. The highest BCUT2D eigenvalue weighted by atomic mass is 32.2. The first-order chi connectivity index (χ1) is 12.2. The Kier molecular flexibility index (Phi) is 5.72. The Balaban J connectivity index is 1.57. The Bertz CT molecular complexity index is 751. The number of thioether (sulfide) groups is 1. The minimum Gasteiger partial charge on any atom is -0.331 e. The van der Waals surface area contributed by atoms with Crippen LogP contribution in [0.4, 0.5) is 0 Å². The van der Waals surface area contributed by atoms with Gasteiger partial charge in [-0.05, 0) is 49.6 Å². The predicted molar refractivity (Wildman–Crippen MR) is 99.8 cm³/mol. The van der Waals surface area contributed by atoms with Crippen molar-refractivity contribution in [2.24, 2.45) is 0 Å². The molecule has 1 aromatic heterocycles. The second-order valence-corrected chi connectivity index (χ2v) is 7.25. The van der Waals surface area contributed by atoms with E-state index < -0.39 is 0 Å². The van der Waals surface area contributed by atoms with Gasteiger partial charge in [-0.2, -0.15) is 5.26 Å². The number of benzene rings is 1. The van der Waals surface area contributed by atoms with E-state index >= 15 is 0 Å². The molecule has 128 valence electrons. The van der Waals surface area contributed by atoms with Gasteiger partial charge >= 0.3 is 0 Å². The average molecular weight is 351 g/mol. The van der Waals surface area contributed by atoms with Crippen molar-refractivity contribution in [3.63, 3.8) is 0 Å². The zero-order valence-corrected chi connectivity index (χ0v) is 15.1. The Labute approximate surface area is 152 Å². The average Bonchev–Trinajstić information content (AvgIpc) is 3.48. The molecule has 1 aromatic carbocycles. The smallest absolute Gasteiger partial charge is 0.233 e. The van der Waals surface area contributed by atoms with Gasteiger partial charge in [-0.3, -0.25) is 9.78 Å². The fraction of sp³-hybridized carbons (Fsp3) is 0.350. The molecule has 1 heterocycles. The number of nitriles is 1. The second-order valence-electron chi connectivity index (χ2n) is 6.26. The lowest BCUT2D eigenvalue weighted by Gasteiger charge is -2.29. The summed E-state index contributed by atoms with van der Waals surface area (Å²) >= 11 is 1.62. The van der Waals surface area contributed by atoms with Crippen molar-refractivity contribution in [2.75, 3.05) is 5.75 Å². The predicted octanol–water partition coefficient (Wildman–Crippen LogP) is 3.94. The summed E-state index contributed by atoms with van der Waals surface area (Å²) in [6, 6.07) is 15.9. The van der Waals surface area contributed by atoms with Crippen molar-refractivity contribution in [3.05, 3.63) is 65.5 Å². The summed E-state index contributed by atoms with van der Waals surface area (Å²) in [5.74, 6) is 1.42. The van der Waals surface area contributed by atoms with Gasteiger partial charge in [0.15, 0.2) is 0 Å². The summed E-state index contributed by atoms with van der Waals surface area (Å²) < 4.78 is 0. The van der Waals surface area contributed by atoms with Crippen molar-refractivity contribution >= 4 is 17.7 Å². The van der Waals surface area contributed by atoms with Gasteiger partial charge in [-0.15, -0.1) is 11.8 Å². The summed E-state index contributed by atoms with van der Waals surface area (Å²) in [6.45, 7) is 2.06. The van der Waals surface area contributed by atoms with Crippen molar-refractivity contribution in [3.8, 4) is 6.07 Å². The quantitative estimate of drug-likeness (QED) is 0.758. The fourth-order valence-corrected chi connectivity index (χ4v) is 3.71. The van der Waals surface area contributed by atoms with Crippen LogP contribution in [0.5, 0.6) is 0 Å². The molecule has 0 aliphatic heterocycles. The van der Waals surface area contributed by atoms with E-state index in [0.29, 0.717) is 17.4 Å². The highest BCUT2D eigenvalue weighted by molar-refractivity contribution is 7.99. The number of carbonyl (C=O) groups excluding carboxylic acids is 1. The minimum atomic E-state index is 0.0108. The van der Waals surface area contributed by atoms with Gasteiger partial charge < -0.3 is 4.90 Å². The Morgan fingerprint density at radius 1 is 1.32 bits per heavy atom. The molecule has 1 fully saturated rings. The number of rotatable bonds is 7. The molecule has 0 radical (unpaired) electrons. The van der Waals surface area contributed by atoms with Gasteiger partial charge in [0, 0.05) is 18.0 Å². The van der Waals surface area contributed by atoms with E-state index in [0.717, 1.165) is 29.9 Å². The molecule has 0 bridgehead atoms. The maximum absolute atomic E-state index is 12.8. The Morgan fingerprint density at radius 2 is 2.08 bits per heavy atom. The first-order valence-electron chi connectivity index (χ1n) is 8.48. The summed E-state index contributed by atoms with van der Waals surface area (Å²) in [5.41, 5.74) is 2.74.